The normalized spacial score (nSPS) is 15.6. The van der Waals surface area contributed by atoms with Crippen LogP contribution in [0.4, 0.5) is 31.1 Å². The van der Waals surface area contributed by atoms with Gasteiger partial charge in [-0.3, -0.25) is 14.6 Å². The van der Waals surface area contributed by atoms with Gasteiger partial charge >= 0.3 is 18.4 Å². The third-order valence-electron chi connectivity index (χ3n) is 5.23. The summed E-state index contributed by atoms with van der Waals surface area (Å²) in [4.78, 5) is 44.5. The van der Waals surface area contributed by atoms with Crippen LogP contribution in [-0.4, -0.2) is 64.1 Å². The predicted molar refractivity (Wildman–Crippen MR) is 108 cm³/mol. The molecule has 2 aromatic rings. The summed E-state index contributed by atoms with van der Waals surface area (Å²) in [5, 5.41) is 0. The molecule has 0 saturated carbocycles. The van der Waals surface area contributed by atoms with E-state index in [0.717, 1.165) is 18.3 Å². The van der Waals surface area contributed by atoms with Gasteiger partial charge in [-0.15, -0.1) is 0 Å². The Morgan fingerprint density at radius 1 is 1.06 bits per heavy atom. The predicted octanol–water partition coefficient (Wildman–Crippen LogP) is 3.33. The number of carbonyl (C=O) groups excluding carboxylic acids is 2. The molecule has 190 valence electrons. The fraction of sp³-hybridized carbons (Fsp3) is 0.429. The van der Waals surface area contributed by atoms with Crippen molar-refractivity contribution in [1.82, 2.24) is 19.8 Å². The monoisotopic (exact) mass is 506 g/mol. The fourth-order valence-electron chi connectivity index (χ4n) is 3.42. The van der Waals surface area contributed by atoms with Crippen LogP contribution in [0.2, 0.25) is 0 Å². The first-order valence-corrected chi connectivity index (χ1v) is 10.3. The average molecular weight is 506 g/mol. The van der Waals surface area contributed by atoms with E-state index in [2.05, 4.69) is 4.98 Å². The number of piperazine rings is 1. The summed E-state index contributed by atoms with van der Waals surface area (Å²) in [6, 6.07) is 2.44. The van der Waals surface area contributed by atoms with E-state index in [1.54, 1.807) is 0 Å². The lowest BCUT2D eigenvalue weighted by molar-refractivity contribution is -0.139. The first-order chi connectivity index (χ1) is 16.3. The van der Waals surface area contributed by atoms with Gasteiger partial charge in [0.25, 0.3) is 11.5 Å². The van der Waals surface area contributed by atoms with Gasteiger partial charge in [-0.1, -0.05) is 0 Å². The number of pyridine rings is 2. The largest absolute Gasteiger partial charge is 0.446 e. The number of nitrogens with one attached hydrogen (secondary N) is 1. The van der Waals surface area contributed by atoms with Crippen molar-refractivity contribution in [1.29, 1.82) is 0 Å². The van der Waals surface area contributed by atoms with Crippen molar-refractivity contribution < 1.29 is 40.7 Å². The molecule has 3 heterocycles. The van der Waals surface area contributed by atoms with E-state index in [1.807, 2.05) is 4.98 Å². The fourth-order valence-corrected chi connectivity index (χ4v) is 3.42. The van der Waals surface area contributed by atoms with Gasteiger partial charge in [0.1, 0.15) is 17.4 Å². The van der Waals surface area contributed by atoms with Crippen LogP contribution in [0.3, 0.4) is 0 Å². The molecule has 14 heteroatoms. The third-order valence-corrected chi connectivity index (χ3v) is 5.23. The number of ether oxygens (including phenoxy) is 1. The van der Waals surface area contributed by atoms with Crippen LogP contribution < -0.4 is 5.56 Å². The van der Waals surface area contributed by atoms with Crippen LogP contribution in [0.5, 0.6) is 0 Å². The van der Waals surface area contributed by atoms with E-state index in [9.17, 15) is 40.7 Å². The number of hydrogen-bond acceptors (Lipinski definition) is 5. The molecule has 0 unspecified atom stereocenters. The summed E-state index contributed by atoms with van der Waals surface area (Å²) in [5.41, 5.74) is -3.65. The van der Waals surface area contributed by atoms with Crippen LogP contribution in [0.15, 0.2) is 35.4 Å². The van der Waals surface area contributed by atoms with Gasteiger partial charge in [0.05, 0.1) is 5.56 Å². The van der Waals surface area contributed by atoms with Crippen LogP contribution in [0.1, 0.15) is 34.1 Å². The molecule has 2 amide bonds. The molecule has 1 fully saturated rings. The second-order valence-corrected chi connectivity index (χ2v) is 7.86. The van der Waals surface area contributed by atoms with E-state index in [0.29, 0.717) is 12.3 Å². The molecule has 0 radical (unpaired) electrons. The minimum absolute atomic E-state index is 0.0782. The van der Waals surface area contributed by atoms with Gasteiger partial charge in [-0.25, -0.2) is 4.79 Å². The number of alkyl halides is 6. The summed E-state index contributed by atoms with van der Waals surface area (Å²) < 4.78 is 81.9. The Labute approximate surface area is 194 Å². The zero-order valence-corrected chi connectivity index (χ0v) is 18.2. The molecule has 1 saturated heterocycles. The number of amides is 2. The molecular weight excluding hydrogens is 486 g/mol. The number of H-pyrrole nitrogens is 1. The number of aromatic nitrogens is 2. The van der Waals surface area contributed by atoms with E-state index in [1.165, 1.54) is 16.7 Å². The van der Waals surface area contributed by atoms with Crippen molar-refractivity contribution in [2.75, 3.05) is 26.2 Å². The molecule has 0 spiro atoms. The molecule has 0 aliphatic carbocycles. The Bertz CT molecular complexity index is 1120. The Kier molecular flexibility index (Phi) is 7.41. The standard InChI is InChI=1S/C21H20F6N4O4/c1-12(8-13-9-15(21(25,26)27)17(32)29-10-13)35-19(34)31-6-4-30(5-7-31)18(33)16-3-2-14(11-28-16)20(22,23)24/h2-3,9-12H,4-8H2,1H3,(H,29,32)/t12-/m0/s1. The lowest BCUT2D eigenvalue weighted by atomic mass is 10.1. The van der Waals surface area contributed by atoms with E-state index < -0.39 is 47.1 Å². The van der Waals surface area contributed by atoms with Gasteiger partial charge in [0, 0.05) is 45.0 Å². The summed E-state index contributed by atoms with van der Waals surface area (Å²) >= 11 is 0. The zero-order chi connectivity index (χ0) is 26.0. The second-order valence-electron chi connectivity index (χ2n) is 7.86. The molecule has 2 aromatic heterocycles. The molecule has 1 aliphatic rings. The van der Waals surface area contributed by atoms with Crippen molar-refractivity contribution >= 4 is 12.0 Å². The number of hydrogen-bond donors (Lipinski definition) is 1. The number of nitrogens with zero attached hydrogens (tertiary/aromatic N) is 3. The Hall–Kier alpha value is -3.58. The van der Waals surface area contributed by atoms with E-state index >= 15 is 0 Å². The maximum Gasteiger partial charge on any atom is 0.421 e. The van der Waals surface area contributed by atoms with Gasteiger partial charge in [-0.05, 0) is 30.7 Å². The Morgan fingerprint density at radius 2 is 1.69 bits per heavy atom. The van der Waals surface area contributed by atoms with Gasteiger partial charge in [-0.2, -0.15) is 26.3 Å². The van der Waals surface area contributed by atoms with Crippen LogP contribution in [-0.2, 0) is 23.5 Å². The van der Waals surface area contributed by atoms with Crippen molar-refractivity contribution in [3.63, 3.8) is 0 Å². The minimum Gasteiger partial charge on any atom is -0.446 e. The molecule has 8 nitrogen and oxygen atoms in total. The van der Waals surface area contributed by atoms with Crippen LogP contribution in [0, 0.1) is 0 Å². The van der Waals surface area contributed by atoms with Crippen molar-refractivity contribution in [2.45, 2.75) is 31.8 Å². The number of carbonyl (C=O) groups is 2. The molecule has 1 N–H and O–H groups in total. The minimum atomic E-state index is -4.82. The Morgan fingerprint density at radius 3 is 2.23 bits per heavy atom. The summed E-state index contributed by atoms with van der Waals surface area (Å²) in [6.07, 6.45) is -9.34. The second kappa shape index (κ2) is 9.96. The SMILES string of the molecule is C[C@@H](Cc1c[nH]c(=O)c(C(F)(F)F)c1)OC(=O)N1CCN(C(=O)c2ccc(C(F)(F)F)cn2)CC1. The number of halogens is 6. The molecule has 1 atom stereocenters. The average Bonchev–Trinajstić information content (AvgIpc) is 2.78. The van der Waals surface area contributed by atoms with Crippen molar-refractivity contribution in [3.8, 4) is 0 Å². The molecule has 0 bridgehead atoms. The maximum atomic E-state index is 12.9. The first-order valence-electron chi connectivity index (χ1n) is 10.3. The van der Waals surface area contributed by atoms with E-state index in [4.69, 9.17) is 4.74 Å². The van der Waals surface area contributed by atoms with Crippen LogP contribution in [0.25, 0.3) is 0 Å². The lowest BCUT2D eigenvalue weighted by Crippen LogP contribution is -2.51. The molecule has 35 heavy (non-hydrogen) atoms. The third kappa shape index (κ3) is 6.51. The van der Waals surface area contributed by atoms with Gasteiger partial charge in [0.2, 0.25) is 0 Å². The highest BCUT2D eigenvalue weighted by molar-refractivity contribution is 5.92. The van der Waals surface area contributed by atoms with Crippen molar-refractivity contribution in [2.24, 2.45) is 0 Å². The van der Waals surface area contributed by atoms with Crippen LogP contribution >= 0.6 is 0 Å². The summed E-state index contributed by atoms with van der Waals surface area (Å²) in [5.74, 6) is -0.585. The van der Waals surface area contributed by atoms with Crippen molar-refractivity contribution in [3.05, 3.63) is 63.3 Å². The maximum absolute atomic E-state index is 12.9. The zero-order valence-electron chi connectivity index (χ0n) is 18.2. The summed E-state index contributed by atoms with van der Waals surface area (Å²) in [7, 11) is 0. The van der Waals surface area contributed by atoms with Gasteiger partial charge in [0.15, 0.2) is 0 Å². The first kappa shape index (κ1) is 26.0. The number of aromatic amines is 1. The topological polar surface area (TPSA) is 95.6 Å². The highest BCUT2D eigenvalue weighted by Gasteiger charge is 2.34. The van der Waals surface area contributed by atoms with Gasteiger partial charge < -0.3 is 19.5 Å². The quantitative estimate of drug-likeness (QED) is 0.642. The van der Waals surface area contributed by atoms with E-state index in [-0.39, 0.29) is 43.9 Å². The molecule has 1 aliphatic heterocycles. The Balaban J connectivity index is 1.52. The molecular formula is C21H20F6N4O4. The summed E-state index contributed by atoms with van der Waals surface area (Å²) in [6.45, 7) is 1.80. The smallest absolute Gasteiger partial charge is 0.421 e. The highest BCUT2D eigenvalue weighted by Crippen LogP contribution is 2.29. The lowest BCUT2D eigenvalue weighted by Gasteiger charge is -2.34. The molecule has 3 rings (SSSR count). The highest BCUT2D eigenvalue weighted by atomic mass is 19.4. The number of rotatable bonds is 4. The molecule has 0 aromatic carbocycles.